The molecule has 0 saturated carbocycles. The predicted molar refractivity (Wildman–Crippen MR) is 75.3 cm³/mol. The third-order valence-corrected chi connectivity index (χ3v) is 3.24. The molecule has 0 radical (unpaired) electrons. The highest BCUT2D eigenvalue weighted by atomic mass is 79.9. The SMILES string of the molecule is COCC(O)CN(C)c1ccc(C(C)=O)cc1Br. The summed E-state index contributed by atoms with van der Waals surface area (Å²) in [7, 11) is 3.44. The van der Waals surface area contributed by atoms with E-state index in [2.05, 4.69) is 15.9 Å². The van der Waals surface area contributed by atoms with Gasteiger partial charge in [-0.3, -0.25) is 4.79 Å². The third-order valence-electron chi connectivity index (χ3n) is 2.61. The molecule has 1 atom stereocenters. The number of halogens is 1. The Morgan fingerprint density at radius 1 is 1.56 bits per heavy atom. The molecule has 0 saturated heterocycles. The van der Waals surface area contributed by atoms with Gasteiger partial charge in [0, 0.05) is 30.7 Å². The molecule has 100 valence electrons. The smallest absolute Gasteiger partial charge is 0.159 e. The molecule has 1 rings (SSSR count). The van der Waals surface area contributed by atoms with Crippen molar-refractivity contribution < 1.29 is 14.6 Å². The summed E-state index contributed by atoms with van der Waals surface area (Å²) < 4.78 is 5.72. The van der Waals surface area contributed by atoms with Crippen LogP contribution in [0.15, 0.2) is 22.7 Å². The molecule has 1 N–H and O–H groups in total. The number of rotatable bonds is 6. The van der Waals surface area contributed by atoms with Crippen LogP contribution in [-0.2, 0) is 4.74 Å². The van der Waals surface area contributed by atoms with Crippen LogP contribution < -0.4 is 4.90 Å². The maximum Gasteiger partial charge on any atom is 0.159 e. The van der Waals surface area contributed by atoms with Crippen LogP contribution in [0.3, 0.4) is 0 Å². The van der Waals surface area contributed by atoms with Crippen molar-refractivity contribution in [1.29, 1.82) is 0 Å². The second kappa shape index (κ2) is 6.87. The van der Waals surface area contributed by atoms with Crippen molar-refractivity contribution in [3.8, 4) is 0 Å². The van der Waals surface area contributed by atoms with Crippen molar-refractivity contribution in [2.24, 2.45) is 0 Å². The van der Waals surface area contributed by atoms with Crippen molar-refractivity contribution in [2.45, 2.75) is 13.0 Å². The largest absolute Gasteiger partial charge is 0.389 e. The highest BCUT2D eigenvalue weighted by molar-refractivity contribution is 9.10. The lowest BCUT2D eigenvalue weighted by molar-refractivity contribution is 0.0695. The summed E-state index contributed by atoms with van der Waals surface area (Å²) in [6, 6.07) is 5.43. The van der Waals surface area contributed by atoms with E-state index in [0.29, 0.717) is 18.7 Å². The van der Waals surface area contributed by atoms with Gasteiger partial charge in [0.25, 0.3) is 0 Å². The second-order valence-electron chi connectivity index (χ2n) is 4.21. The fourth-order valence-electron chi connectivity index (χ4n) is 1.70. The van der Waals surface area contributed by atoms with Crippen molar-refractivity contribution in [1.82, 2.24) is 0 Å². The van der Waals surface area contributed by atoms with Gasteiger partial charge in [-0.1, -0.05) is 0 Å². The minimum atomic E-state index is -0.542. The monoisotopic (exact) mass is 315 g/mol. The molecule has 0 heterocycles. The van der Waals surface area contributed by atoms with E-state index in [-0.39, 0.29) is 5.78 Å². The average Bonchev–Trinajstić information content (AvgIpc) is 2.28. The van der Waals surface area contributed by atoms with Gasteiger partial charge in [-0.05, 0) is 41.1 Å². The number of benzene rings is 1. The summed E-state index contributed by atoms with van der Waals surface area (Å²) in [5.74, 6) is 0.0318. The molecule has 0 spiro atoms. The van der Waals surface area contributed by atoms with Gasteiger partial charge in [-0.2, -0.15) is 0 Å². The van der Waals surface area contributed by atoms with Gasteiger partial charge >= 0.3 is 0 Å². The number of hydrogen-bond acceptors (Lipinski definition) is 4. The minimum absolute atomic E-state index is 0.0318. The average molecular weight is 316 g/mol. The first-order chi connectivity index (χ1) is 8.45. The Morgan fingerprint density at radius 2 is 2.22 bits per heavy atom. The fraction of sp³-hybridized carbons (Fsp3) is 0.462. The lowest BCUT2D eigenvalue weighted by atomic mass is 10.1. The quantitative estimate of drug-likeness (QED) is 0.817. The second-order valence-corrected chi connectivity index (χ2v) is 5.07. The Morgan fingerprint density at radius 3 is 2.72 bits per heavy atom. The van der Waals surface area contributed by atoms with Crippen LogP contribution in [0.2, 0.25) is 0 Å². The van der Waals surface area contributed by atoms with Crippen LogP contribution in [0, 0.1) is 0 Å². The van der Waals surface area contributed by atoms with E-state index in [0.717, 1.165) is 10.2 Å². The molecule has 1 aromatic rings. The van der Waals surface area contributed by atoms with Crippen molar-refractivity contribution >= 4 is 27.4 Å². The zero-order valence-corrected chi connectivity index (χ0v) is 12.4. The van der Waals surface area contributed by atoms with E-state index < -0.39 is 6.10 Å². The summed E-state index contributed by atoms with van der Waals surface area (Å²) in [6.07, 6.45) is -0.542. The number of carbonyl (C=O) groups is 1. The van der Waals surface area contributed by atoms with Crippen LogP contribution in [0.5, 0.6) is 0 Å². The summed E-state index contributed by atoms with van der Waals surface area (Å²) >= 11 is 3.44. The molecular weight excluding hydrogens is 298 g/mol. The van der Waals surface area contributed by atoms with E-state index >= 15 is 0 Å². The summed E-state index contributed by atoms with van der Waals surface area (Å²) in [4.78, 5) is 13.2. The Hall–Kier alpha value is -0.910. The number of nitrogens with zero attached hydrogens (tertiary/aromatic N) is 1. The molecule has 1 unspecified atom stereocenters. The number of ketones is 1. The van der Waals surface area contributed by atoms with Gasteiger partial charge in [-0.25, -0.2) is 0 Å². The van der Waals surface area contributed by atoms with E-state index in [1.165, 1.54) is 6.92 Å². The van der Waals surface area contributed by atoms with Gasteiger partial charge in [0.1, 0.15) is 0 Å². The molecule has 0 amide bonds. The van der Waals surface area contributed by atoms with Gasteiger partial charge in [0.15, 0.2) is 5.78 Å². The number of ether oxygens (including phenoxy) is 1. The van der Waals surface area contributed by atoms with Crippen LogP contribution in [0.1, 0.15) is 17.3 Å². The molecule has 4 nitrogen and oxygen atoms in total. The molecule has 18 heavy (non-hydrogen) atoms. The minimum Gasteiger partial charge on any atom is -0.389 e. The van der Waals surface area contributed by atoms with Gasteiger partial charge in [0.2, 0.25) is 0 Å². The van der Waals surface area contributed by atoms with Gasteiger partial charge in [-0.15, -0.1) is 0 Å². The van der Waals surface area contributed by atoms with E-state index in [1.54, 1.807) is 19.2 Å². The van der Waals surface area contributed by atoms with E-state index in [1.807, 2.05) is 18.0 Å². The molecule has 0 bridgehead atoms. The first-order valence-corrected chi connectivity index (χ1v) is 6.43. The zero-order chi connectivity index (χ0) is 13.7. The Labute approximate surface area is 116 Å². The lowest BCUT2D eigenvalue weighted by Gasteiger charge is -2.23. The number of likely N-dealkylation sites (N-methyl/N-ethyl adjacent to an activating group) is 1. The number of carbonyl (C=O) groups excluding carboxylic acids is 1. The van der Waals surface area contributed by atoms with E-state index in [4.69, 9.17) is 4.74 Å². The summed E-state index contributed by atoms with van der Waals surface area (Å²) in [5.41, 5.74) is 1.59. The van der Waals surface area contributed by atoms with Crippen LogP contribution in [0.4, 0.5) is 5.69 Å². The highest BCUT2D eigenvalue weighted by Gasteiger charge is 2.12. The summed E-state index contributed by atoms with van der Waals surface area (Å²) in [5, 5.41) is 9.68. The summed E-state index contributed by atoms with van der Waals surface area (Å²) in [6.45, 7) is 2.30. The maximum absolute atomic E-state index is 11.3. The standard InChI is InChI=1S/C13H18BrNO3/c1-9(16)10-4-5-13(12(14)6-10)15(2)7-11(17)8-18-3/h4-6,11,17H,7-8H2,1-3H3. The van der Waals surface area contributed by atoms with E-state index in [9.17, 15) is 9.90 Å². The number of methoxy groups -OCH3 is 1. The Balaban J connectivity index is 2.80. The predicted octanol–water partition coefficient (Wildman–Crippen LogP) is 2.10. The van der Waals surface area contributed by atoms with Crippen LogP contribution >= 0.6 is 15.9 Å². The van der Waals surface area contributed by atoms with Crippen molar-refractivity contribution in [3.63, 3.8) is 0 Å². The first kappa shape index (κ1) is 15.1. The van der Waals surface area contributed by atoms with Crippen molar-refractivity contribution in [3.05, 3.63) is 28.2 Å². The fourth-order valence-corrected chi connectivity index (χ4v) is 2.38. The molecule has 0 aromatic heterocycles. The highest BCUT2D eigenvalue weighted by Crippen LogP contribution is 2.26. The molecule has 0 aliphatic carbocycles. The molecule has 0 aliphatic heterocycles. The molecular formula is C13H18BrNO3. The number of hydrogen-bond donors (Lipinski definition) is 1. The first-order valence-electron chi connectivity index (χ1n) is 5.64. The zero-order valence-electron chi connectivity index (χ0n) is 10.8. The normalized spacial score (nSPS) is 12.3. The van der Waals surface area contributed by atoms with Crippen LogP contribution in [0.25, 0.3) is 0 Å². The van der Waals surface area contributed by atoms with Gasteiger partial charge in [0.05, 0.1) is 18.4 Å². The number of Topliss-reactive ketones (excluding diaryl/α,β-unsaturated/α-hetero) is 1. The van der Waals surface area contributed by atoms with Crippen molar-refractivity contribution in [2.75, 3.05) is 32.2 Å². The number of anilines is 1. The van der Waals surface area contributed by atoms with Gasteiger partial charge < -0.3 is 14.7 Å². The molecule has 0 aliphatic rings. The lowest BCUT2D eigenvalue weighted by Crippen LogP contribution is -2.32. The topological polar surface area (TPSA) is 49.8 Å². The Kier molecular flexibility index (Phi) is 5.78. The molecule has 5 heteroatoms. The number of aliphatic hydroxyl groups excluding tert-OH is 1. The number of aliphatic hydroxyl groups is 1. The maximum atomic E-state index is 11.3. The molecule has 1 aromatic carbocycles. The van der Waals surface area contributed by atoms with Crippen LogP contribution in [-0.4, -0.2) is 44.3 Å². The Bertz CT molecular complexity index is 423. The molecule has 0 fully saturated rings. The third kappa shape index (κ3) is 4.08.